The second-order valence-electron chi connectivity index (χ2n) is 7.17. The van der Waals surface area contributed by atoms with Crippen molar-refractivity contribution in [3.05, 3.63) is 20.9 Å². The van der Waals surface area contributed by atoms with Crippen molar-refractivity contribution < 1.29 is 33.4 Å². The molecule has 8 heteroatoms. The third-order valence-corrected chi connectivity index (χ3v) is 6.14. The Morgan fingerprint density at radius 1 is 0.897 bits per heavy atom. The highest BCUT2D eigenvalue weighted by atomic mass is 32.1. The van der Waals surface area contributed by atoms with Gasteiger partial charge >= 0.3 is 17.9 Å². The van der Waals surface area contributed by atoms with E-state index in [4.69, 9.17) is 14.2 Å². The average Bonchev–Trinajstić information content (AvgIpc) is 3.29. The van der Waals surface area contributed by atoms with Crippen LogP contribution in [0.5, 0.6) is 0 Å². The number of rotatable bonds is 11. The van der Waals surface area contributed by atoms with Crippen molar-refractivity contribution in [1.29, 1.82) is 0 Å². The summed E-state index contributed by atoms with van der Waals surface area (Å²) in [6, 6.07) is 0. The zero-order valence-corrected chi connectivity index (χ0v) is 18.2. The predicted molar refractivity (Wildman–Crippen MR) is 107 cm³/mol. The zero-order valence-electron chi connectivity index (χ0n) is 17.4. The van der Waals surface area contributed by atoms with Gasteiger partial charge in [0, 0.05) is 17.7 Å². The SMILES string of the molecule is CCOC(=O)CC1(CC(=O)Cc2sc(C(=O)OCC)c(C)c2C(=O)OCC)CC1. The van der Waals surface area contributed by atoms with Crippen molar-refractivity contribution >= 4 is 35.0 Å². The van der Waals surface area contributed by atoms with Crippen LogP contribution in [0.3, 0.4) is 0 Å². The van der Waals surface area contributed by atoms with E-state index in [9.17, 15) is 19.2 Å². The minimum atomic E-state index is -0.549. The monoisotopic (exact) mass is 424 g/mol. The molecule has 7 nitrogen and oxygen atoms in total. The van der Waals surface area contributed by atoms with E-state index in [1.165, 1.54) is 0 Å². The van der Waals surface area contributed by atoms with Gasteiger partial charge in [-0.25, -0.2) is 9.59 Å². The maximum Gasteiger partial charge on any atom is 0.348 e. The van der Waals surface area contributed by atoms with Gasteiger partial charge in [-0.1, -0.05) is 0 Å². The second-order valence-corrected chi connectivity index (χ2v) is 8.27. The zero-order chi connectivity index (χ0) is 21.6. The van der Waals surface area contributed by atoms with Gasteiger partial charge in [0.2, 0.25) is 0 Å². The molecular weight excluding hydrogens is 396 g/mol. The van der Waals surface area contributed by atoms with Gasteiger partial charge in [0.15, 0.2) is 0 Å². The first-order valence-corrected chi connectivity index (χ1v) is 10.7. The van der Waals surface area contributed by atoms with Gasteiger partial charge in [-0.05, 0) is 51.5 Å². The van der Waals surface area contributed by atoms with Crippen molar-refractivity contribution in [3.63, 3.8) is 0 Å². The normalized spacial score (nSPS) is 14.2. The molecule has 0 atom stereocenters. The number of esters is 3. The lowest BCUT2D eigenvalue weighted by atomic mass is 9.93. The average molecular weight is 425 g/mol. The van der Waals surface area contributed by atoms with Crippen LogP contribution in [0.25, 0.3) is 0 Å². The van der Waals surface area contributed by atoms with Gasteiger partial charge in [-0.3, -0.25) is 9.59 Å². The first-order valence-electron chi connectivity index (χ1n) is 9.90. The Hall–Kier alpha value is -2.22. The Labute approximate surface area is 174 Å². The summed E-state index contributed by atoms with van der Waals surface area (Å²) in [5.41, 5.74) is 0.412. The van der Waals surface area contributed by atoms with E-state index in [0.29, 0.717) is 21.9 Å². The molecule has 1 aromatic heterocycles. The summed E-state index contributed by atoms with van der Waals surface area (Å²) in [5.74, 6) is -1.43. The number of hydrogen-bond donors (Lipinski definition) is 0. The lowest BCUT2D eigenvalue weighted by molar-refractivity contribution is -0.144. The molecule has 1 aliphatic carbocycles. The van der Waals surface area contributed by atoms with Crippen molar-refractivity contribution in [2.75, 3.05) is 19.8 Å². The van der Waals surface area contributed by atoms with Crippen molar-refractivity contribution in [2.24, 2.45) is 5.41 Å². The molecule has 1 heterocycles. The van der Waals surface area contributed by atoms with E-state index in [2.05, 4.69) is 0 Å². The van der Waals surface area contributed by atoms with Gasteiger partial charge in [-0.2, -0.15) is 0 Å². The number of ether oxygens (including phenoxy) is 3. The summed E-state index contributed by atoms with van der Waals surface area (Å²) in [6.45, 7) is 7.54. The maximum atomic E-state index is 12.7. The van der Waals surface area contributed by atoms with Crippen LogP contribution in [0.2, 0.25) is 0 Å². The molecule has 0 aliphatic heterocycles. The van der Waals surface area contributed by atoms with Crippen LogP contribution in [0.4, 0.5) is 0 Å². The number of Topliss-reactive ketones (excluding diaryl/α,β-unsaturated/α-hetero) is 1. The molecule has 0 saturated heterocycles. The number of carbonyl (C=O) groups is 4. The highest BCUT2D eigenvalue weighted by Gasteiger charge is 2.46. The number of carbonyl (C=O) groups excluding carboxylic acids is 4. The van der Waals surface area contributed by atoms with E-state index in [-0.39, 0.29) is 55.2 Å². The largest absolute Gasteiger partial charge is 0.466 e. The van der Waals surface area contributed by atoms with Crippen LogP contribution in [-0.4, -0.2) is 43.5 Å². The molecule has 160 valence electrons. The Kier molecular flexibility index (Phi) is 7.96. The molecule has 0 amide bonds. The number of ketones is 1. The van der Waals surface area contributed by atoms with Gasteiger partial charge in [-0.15, -0.1) is 11.3 Å². The Morgan fingerprint density at radius 2 is 1.48 bits per heavy atom. The van der Waals surface area contributed by atoms with Crippen LogP contribution in [0.1, 0.15) is 76.9 Å². The predicted octanol–water partition coefficient (Wildman–Crippen LogP) is 3.65. The maximum absolute atomic E-state index is 12.7. The van der Waals surface area contributed by atoms with Crippen molar-refractivity contribution in [3.8, 4) is 0 Å². The molecule has 0 unspecified atom stereocenters. The molecular formula is C21H28O7S. The summed E-state index contributed by atoms with van der Waals surface area (Å²) in [6.07, 6.45) is 2.11. The van der Waals surface area contributed by atoms with E-state index >= 15 is 0 Å². The van der Waals surface area contributed by atoms with E-state index in [1.807, 2.05) is 0 Å². The molecule has 2 rings (SSSR count). The topological polar surface area (TPSA) is 96.0 Å². The van der Waals surface area contributed by atoms with Gasteiger partial charge in [0.1, 0.15) is 10.7 Å². The second kappa shape index (κ2) is 10.0. The standard InChI is InChI=1S/C21H28O7S/c1-5-26-16(23)12-21(8-9-21)11-14(22)10-15-17(19(24)27-6-2)13(4)18(29-15)20(25)28-7-3/h5-12H2,1-4H3. The molecule has 0 bridgehead atoms. The number of hydrogen-bond acceptors (Lipinski definition) is 8. The van der Waals surface area contributed by atoms with Crippen LogP contribution in [-0.2, 0) is 30.2 Å². The quantitative estimate of drug-likeness (QED) is 0.395. The minimum Gasteiger partial charge on any atom is -0.466 e. The molecule has 0 radical (unpaired) electrons. The minimum absolute atomic E-state index is 0.0175. The van der Waals surface area contributed by atoms with Gasteiger partial charge < -0.3 is 14.2 Å². The van der Waals surface area contributed by atoms with E-state index in [1.54, 1.807) is 27.7 Å². The molecule has 0 spiro atoms. The van der Waals surface area contributed by atoms with Crippen molar-refractivity contribution in [2.45, 2.75) is 59.8 Å². The smallest absolute Gasteiger partial charge is 0.348 e. The summed E-state index contributed by atoms with van der Waals surface area (Å²) in [4.78, 5) is 50.0. The van der Waals surface area contributed by atoms with Crippen LogP contribution in [0.15, 0.2) is 0 Å². The molecule has 1 aliphatic rings. The molecule has 0 N–H and O–H groups in total. The lowest BCUT2D eigenvalue weighted by Crippen LogP contribution is -2.18. The molecule has 1 fully saturated rings. The molecule has 1 saturated carbocycles. The van der Waals surface area contributed by atoms with Crippen LogP contribution >= 0.6 is 11.3 Å². The summed E-state index contributed by atoms with van der Waals surface area (Å²) in [7, 11) is 0. The third-order valence-electron chi connectivity index (χ3n) is 4.87. The first kappa shape index (κ1) is 23.1. The Bertz CT molecular complexity index is 789. The summed E-state index contributed by atoms with van der Waals surface area (Å²) in [5, 5.41) is 0. The van der Waals surface area contributed by atoms with Gasteiger partial charge in [0.25, 0.3) is 0 Å². The third kappa shape index (κ3) is 5.88. The first-order chi connectivity index (χ1) is 13.8. The summed E-state index contributed by atoms with van der Waals surface area (Å²) >= 11 is 1.10. The lowest BCUT2D eigenvalue weighted by Gasteiger charge is -2.13. The molecule has 0 aromatic carbocycles. The van der Waals surface area contributed by atoms with Crippen molar-refractivity contribution in [1.82, 2.24) is 0 Å². The Morgan fingerprint density at radius 3 is 2.03 bits per heavy atom. The Balaban J connectivity index is 2.19. The molecule has 1 aromatic rings. The fourth-order valence-corrected chi connectivity index (χ4v) is 4.55. The molecule has 29 heavy (non-hydrogen) atoms. The van der Waals surface area contributed by atoms with E-state index < -0.39 is 11.9 Å². The van der Waals surface area contributed by atoms with Crippen LogP contribution < -0.4 is 0 Å². The fraction of sp³-hybridized carbons (Fsp3) is 0.619. The number of thiophene rings is 1. The highest BCUT2D eigenvalue weighted by Crippen LogP contribution is 2.52. The van der Waals surface area contributed by atoms with Crippen LogP contribution in [0, 0.1) is 12.3 Å². The highest BCUT2D eigenvalue weighted by molar-refractivity contribution is 7.14. The van der Waals surface area contributed by atoms with Gasteiger partial charge in [0.05, 0.1) is 31.8 Å². The summed E-state index contributed by atoms with van der Waals surface area (Å²) < 4.78 is 15.2. The van der Waals surface area contributed by atoms with E-state index in [0.717, 1.165) is 24.2 Å². The fourth-order valence-electron chi connectivity index (χ4n) is 3.33.